The molecule has 8 nitrogen and oxygen atoms in total. The Balaban J connectivity index is 1.45. The summed E-state index contributed by atoms with van der Waals surface area (Å²) in [5.74, 6) is -1.29. The van der Waals surface area contributed by atoms with Crippen molar-refractivity contribution in [3.63, 3.8) is 0 Å². The minimum atomic E-state index is -1.18. The summed E-state index contributed by atoms with van der Waals surface area (Å²) in [5, 5.41) is 3.81. The third-order valence-corrected chi connectivity index (χ3v) is 7.13. The molecule has 0 saturated heterocycles. The molecule has 0 saturated carbocycles. The van der Waals surface area contributed by atoms with E-state index in [1.54, 1.807) is 55.9 Å². The van der Waals surface area contributed by atoms with E-state index in [1.807, 2.05) is 48.5 Å². The topological polar surface area (TPSA) is 95.2 Å². The van der Waals surface area contributed by atoms with Crippen LogP contribution >= 0.6 is 11.6 Å². The van der Waals surface area contributed by atoms with Gasteiger partial charge in [-0.25, -0.2) is 14.5 Å². The van der Waals surface area contributed by atoms with Gasteiger partial charge >= 0.3 is 5.97 Å². The lowest BCUT2D eigenvalue weighted by atomic mass is 9.98. The first-order valence-electron chi connectivity index (χ1n) is 12.7. The van der Waals surface area contributed by atoms with Crippen LogP contribution < -0.4 is 10.9 Å². The molecule has 3 aromatic carbocycles. The summed E-state index contributed by atoms with van der Waals surface area (Å²) in [6, 6.07) is 23.6. The molecule has 0 aliphatic carbocycles. The lowest BCUT2D eigenvalue weighted by Gasteiger charge is -2.17. The highest BCUT2D eigenvalue weighted by Crippen LogP contribution is 2.31. The Morgan fingerprint density at radius 2 is 1.68 bits per heavy atom. The predicted molar refractivity (Wildman–Crippen MR) is 156 cm³/mol. The highest BCUT2D eigenvalue weighted by atomic mass is 35.5. The van der Waals surface area contributed by atoms with Gasteiger partial charge in [0, 0.05) is 23.0 Å². The standard InChI is InChI=1S/C31H27ClN4O4/c1-18-26(24-15-8-9-16-25(24)33-27(18)21-11-10-12-22(32)17-21)31(39)40-20(3)29(37)34-28-19(2)35(4)36(30(28)38)23-13-6-5-7-14-23/h5-17,20H,1-4H3,(H,34,37). The van der Waals surface area contributed by atoms with E-state index in [0.717, 1.165) is 5.56 Å². The van der Waals surface area contributed by atoms with E-state index in [1.165, 1.54) is 11.6 Å². The number of anilines is 1. The highest BCUT2D eigenvalue weighted by Gasteiger charge is 2.26. The number of fused-ring (bicyclic) bond motifs is 1. The largest absolute Gasteiger partial charge is 0.449 e. The van der Waals surface area contributed by atoms with Crippen LogP contribution in [0.1, 0.15) is 28.5 Å². The molecule has 0 fully saturated rings. The summed E-state index contributed by atoms with van der Waals surface area (Å²) in [6.45, 7) is 4.99. The number of aromatic nitrogens is 3. The fourth-order valence-corrected chi connectivity index (χ4v) is 4.89. The van der Waals surface area contributed by atoms with Crippen molar-refractivity contribution in [3.8, 4) is 16.9 Å². The number of benzene rings is 3. The van der Waals surface area contributed by atoms with Crippen molar-refractivity contribution in [1.29, 1.82) is 0 Å². The van der Waals surface area contributed by atoms with Crippen molar-refractivity contribution in [2.24, 2.45) is 7.05 Å². The van der Waals surface area contributed by atoms with Crippen molar-refractivity contribution in [3.05, 3.63) is 111 Å². The highest BCUT2D eigenvalue weighted by molar-refractivity contribution is 6.30. The molecule has 5 rings (SSSR count). The molecule has 202 valence electrons. The maximum Gasteiger partial charge on any atom is 0.339 e. The molecule has 0 aliphatic rings. The number of pyridine rings is 1. The Morgan fingerprint density at radius 3 is 2.40 bits per heavy atom. The van der Waals surface area contributed by atoms with Crippen LogP contribution in [0, 0.1) is 13.8 Å². The van der Waals surface area contributed by atoms with Gasteiger partial charge in [-0.15, -0.1) is 0 Å². The second-order valence-electron chi connectivity index (χ2n) is 9.46. The number of halogens is 1. The summed E-state index contributed by atoms with van der Waals surface area (Å²) in [5.41, 5.74) is 3.81. The molecule has 1 N–H and O–H groups in total. The average Bonchev–Trinajstić information content (AvgIpc) is 3.15. The van der Waals surface area contributed by atoms with E-state index in [9.17, 15) is 14.4 Å². The van der Waals surface area contributed by atoms with Crippen LogP contribution in [-0.2, 0) is 16.6 Å². The SMILES string of the molecule is Cc1c(-c2cccc(Cl)c2)nc2ccccc2c1C(=O)OC(C)C(=O)Nc1c(C)n(C)n(-c2ccccc2)c1=O. The third kappa shape index (κ3) is 4.89. The molecule has 1 unspecified atom stereocenters. The van der Waals surface area contributed by atoms with Crippen LogP contribution in [0.5, 0.6) is 0 Å². The number of rotatable bonds is 6. The van der Waals surface area contributed by atoms with Crippen LogP contribution in [0.15, 0.2) is 83.7 Å². The summed E-state index contributed by atoms with van der Waals surface area (Å²) < 4.78 is 8.78. The average molecular weight is 555 g/mol. The van der Waals surface area contributed by atoms with Crippen molar-refractivity contribution in [2.45, 2.75) is 26.9 Å². The molecule has 2 aromatic heterocycles. The van der Waals surface area contributed by atoms with Crippen LogP contribution in [0.4, 0.5) is 5.69 Å². The van der Waals surface area contributed by atoms with Gasteiger partial charge in [0.2, 0.25) is 0 Å². The third-order valence-electron chi connectivity index (χ3n) is 6.89. The quantitative estimate of drug-likeness (QED) is 0.266. The number of esters is 1. The molecule has 0 aliphatic heterocycles. The first kappa shape index (κ1) is 26.9. The van der Waals surface area contributed by atoms with E-state index in [0.29, 0.717) is 44.1 Å². The Morgan fingerprint density at radius 1 is 0.975 bits per heavy atom. The molecular weight excluding hydrogens is 528 g/mol. The first-order valence-corrected chi connectivity index (χ1v) is 13.1. The molecule has 0 spiro atoms. The molecule has 40 heavy (non-hydrogen) atoms. The zero-order chi connectivity index (χ0) is 28.6. The normalized spacial score (nSPS) is 11.8. The Bertz CT molecular complexity index is 1830. The molecule has 9 heteroatoms. The zero-order valence-corrected chi connectivity index (χ0v) is 23.2. The van der Waals surface area contributed by atoms with E-state index in [-0.39, 0.29) is 11.2 Å². The second-order valence-corrected chi connectivity index (χ2v) is 9.90. The predicted octanol–water partition coefficient (Wildman–Crippen LogP) is 5.85. The fraction of sp³-hybridized carbons (Fsp3) is 0.161. The monoisotopic (exact) mass is 554 g/mol. The number of hydrogen-bond acceptors (Lipinski definition) is 5. The molecule has 0 radical (unpaired) electrons. The number of carbonyl (C=O) groups is 2. The number of carbonyl (C=O) groups excluding carboxylic acids is 2. The lowest BCUT2D eigenvalue weighted by molar-refractivity contribution is -0.123. The van der Waals surface area contributed by atoms with Crippen LogP contribution in [0.25, 0.3) is 27.8 Å². The minimum Gasteiger partial charge on any atom is -0.449 e. The van der Waals surface area contributed by atoms with Gasteiger partial charge in [-0.2, -0.15) is 0 Å². The van der Waals surface area contributed by atoms with Gasteiger partial charge in [-0.3, -0.25) is 14.3 Å². The van der Waals surface area contributed by atoms with Crippen molar-refractivity contribution >= 4 is 40.1 Å². The number of ether oxygens (including phenoxy) is 1. The maximum absolute atomic E-state index is 13.5. The lowest BCUT2D eigenvalue weighted by Crippen LogP contribution is -2.32. The minimum absolute atomic E-state index is 0.119. The zero-order valence-electron chi connectivity index (χ0n) is 22.4. The van der Waals surface area contributed by atoms with Gasteiger partial charge in [0.25, 0.3) is 11.5 Å². The number of nitrogens with zero attached hydrogens (tertiary/aromatic N) is 3. The summed E-state index contributed by atoms with van der Waals surface area (Å²) >= 11 is 6.22. The number of amides is 1. The van der Waals surface area contributed by atoms with E-state index >= 15 is 0 Å². The molecule has 0 bridgehead atoms. The Kier molecular flexibility index (Phi) is 7.28. The number of para-hydroxylation sites is 2. The molecule has 2 heterocycles. The van der Waals surface area contributed by atoms with Gasteiger partial charge in [0.15, 0.2) is 6.10 Å². The first-order chi connectivity index (χ1) is 19.2. The Labute approximate surface area is 235 Å². The van der Waals surface area contributed by atoms with Crippen molar-refractivity contribution < 1.29 is 14.3 Å². The van der Waals surface area contributed by atoms with Crippen LogP contribution in [0.3, 0.4) is 0 Å². The smallest absolute Gasteiger partial charge is 0.339 e. The molecule has 5 aromatic rings. The van der Waals surface area contributed by atoms with Crippen LogP contribution in [-0.4, -0.2) is 32.3 Å². The summed E-state index contributed by atoms with van der Waals surface area (Å²) in [7, 11) is 1.73. The molecule has 1 amide bonds. The van der Waals surface area contributed by atoms with Gasteiger partial charge in [-0.05, 0) is 56.7 Å². The van der Waals surface area contributed by atoms with E-state index < -0.39 is 18.0 Å². The van der Waals surface area contributed by atoms with Gasteiger partial charge in [0.1, 0.15) is 5.69 Å². The summed E-state index contributed by atoms with van der Waals surface area (Å²) in [4.78, 5) is 44.7. The fourth-order valence-electron chi connectivity index (χ4n) is 4.70. The van der Waals surface area contributed by atoms with Crippen molar-refractivity contribution in [1.82, 2.24) is 14.3 Å². The van der Waals surface area contributed by atoms with Gasteiger partial charge < -0.3 is 10.1 Å². The van der Waals surface area contributed by atoms with E-state index in [2.05, 4.69) is 5.32 Å². The number of hydrogen-bond donors (Lipinski definition) is 1. The maximum atomic E-state index is 13.5. The number of nitrogens with one attached hydrogen (secondary N) is 1. The van der Waals surface area contributed by atoms with Crippen molar-refractivity contribution in [2.75, 3.05) is 5.32 Å². The van der Waals surface area contributed by atoms with E-state index in [4.69, 9.17) is 21.3 Å². The van der Waals surface area contributed by atoms with Gasteiger partial charge in [-0.1, -0.05) is 60.1 Å². The Hall–Kier alpha value is -4.69. The summed E-state index contributed by atoms with van der Waals surface area (Å²) in [6.07, 6.45) is -1.18. The molecular formula is C31H27ClN4O4. The van der Waals surface area contributed by atoms with Gasteiger partial charge in [0.05, 0.1) is 28.2 Å². The molecule has 1 atom stereocenters. The van der Waals surface area contributed by atoms with Crippen LogP contribution in [0.2, 0.25) is 5.02 Å². The second kappa shape index (κ2) is 10.8.